The van der Waals surface area contributed by atoms with Crippen LogP contribution in [0, 0.1) is 20.8 Å². The van der Waals surface area contributed by atoms with Gasteiger partial charge in [-0.3, -0.25) is 14.3 Å². The van der Waals surface area contributed by atoms with Crippen molar-refractivity contribution < 1.29 is 14.0 Å². The molecule has 3 rings (SSSR count). The van der Waals surface area contributed by atoms with E-state index in [1.807, 2.05) is 19.9 Å². The summed E-state index contributed by atoms with van der Waals surface area (Å²) >= 11 is 0. The molecule has 0 saturated carbocycles. The van der Waals surface area contributed by atoms with Crippen LogP contribution in [0.4, 0.5) is 0 Å². The summed E-state index contributed by atoms with van der Waals surface area (Å²) in [4.78, 5) is 32.6. The Morgan fingerprint density at radius 1 is 1.12 bits per heavy atom. The lowest BCUT2D eigenvalue weighted by Crippen LogP contribution is -2.39. The number of carbonyl (C=O) groups is 2. The zero-order valence-electron chi connectivity index (χ0n) is 14.9. The van der Waals surface area contributed by atoms with Crippen LogP contribution in [-0.4, -0.2) is 62.6 Å². The van der Waals surface area contributed by atoms with E-state index in [1.54, 1.807) is 21.4 Å². The highest BCUT2D eigenvalue weighted by Gasteiger charge is 2.25. The van der Waals surface area contributed by atoms with Crippen molar-refractivity contribution in [2.75, 3.05) is 26.2 Å². The fourth-order valence-corrected chi connectivity index (χ4v) is 3.09. The van der Waals surface area contributed by atoms with Crippen LogP contribution in [0.3, 0.4) is 0 Å². The summed E-state index contributed by atoms with van der Waals surface area (Å²) in [6.07, 6.45) is 2.02. The summed E-state index contributed by atoms with van der Waals surface area (Å²) in [6, 6.07) is 1.95. The fraction of sp³-hybridized carbons (Fsp3) is 0.529. The summed E-state index contributed by atoms with van der Waals surface area (Å²) in [5.41, 5.74) is 2.22. The van der Waals surface area contributed by atoms with Crippen molar-refractivity contribution in [1.82, 2.24) is 24.6 Å². The molecule has 0 unspecified atom stereocenters. The Balaban J connectivity index is 1.61. The first kappa shape index (κ1) is 17.2. The zero-order chi connectivity index (χ0) is 18.0. The molecule has 1 saturated heterocycles. The molecule has 0 N–H and O–H groups in total. The SMILES string of the molecule is Cc1cc(C)n(CC(=O)N2CCCN(C(=O)c3ncoc3C)CC2)n1. The van der Waals surface area contributed by atoms with Gasteiger partial charge in [0.05, 0.1) is 5.69 Å². The predicted octanol–water partition coefficient (Wildman–Crippen LogP) is 1.17. The molecule has 8 nitrogen and oxygen atoms in total. The molecule has 2 aromatic heterocycles. The summed E-state index contributed by atoms with van der Waals surface area (Å²) < 4.78 is 6.84. The first-order valence-electron chi connectivity index (χ1n) is 8.44. The Morgan fingerprint density at radius 3 is 2.48 bits per heavy atom. The molecule has 3 heterocycles. The van der Waals surface area contributed by atoms with Gasteiger partial charge in [0.2, 0.25) is 5.91 Å². The number of rotatable bonds is 3. The fourth-order valence-electron chi connectivity index (χ4n) is 3.09. The lowest BCUT2D eigenvalue weighted by atomic mass is 10.3. The number of nitrogens with zero attached hydrogens (tertiary/aromatic N) is 5. The summed E-state index contributed by atoms with van der Waals surface area (Å²) in [5.74, 6) is 0.406. The molecule has 0 radical (unpaired) electrons. The van der Waals surface area contributed by atoms with E-state index >= 15 is 0 Å². The van der Waals surface area contributed by atoms with Crippen molar-refractivity contribution in [3.63, 3.8) is 0 Å². The van der Waals surface area contributed by atoms with Crippen molar-refractivity contribution >= 4 is 11.8 Å². The van der Waals surface area contributed by atoms with Crippen LogP contribution < -0.4 is 0 Å². The van der Waals surface area contributed by atoms with E-state index in [2.05, 4.69) is 10.1 Å². The number of carbonyl (C=O) groups excluding carboxylic acids is 2. The minimum Gasteiger partial charge on any atom is -0.448 e. The average molecular weight is 345 g/mol. The van der Waals surface area contributed by atoms with Gasteiger partial charge in [0.25, 0.3) is 5.91 Å². The van der Waals surface area contributed by atoms with Crippen LogP contribution in [0.15, 0.2) is 16.9 Å². The minimum absolute atomic E-state index is 0.0260. The molecule has 0 bridgehead atoms. The third-order valence-corrected chi connectivity index (χ3v) is 4.47. The monoisotopic (exact) mass is 345 g/mol. The topological polar surface area (TPSA) is 84.5 Å². The van der Waals surface area contributed by atoms with E-state index in [9.17, 15) is 9.59 Å². The lowest BCUT2D eigenvalue weighted by Gasteiger charge is -2.22. The first-order chi connectivity index (χ1) is 12.0. The van der Waals surface area contributed by atoms with E-state index in [1.165, 1.54) is 6.39 Å². The molecule has 8 heteroatoms. The Kier molecular flexibility index (Phi) is 4.87. The van der Waals surface area contributed by atoms with E-state index in [0.29, 0.717) is 37.6 Å². The number of aromatic nitrogens is 3. The number of aryl methyl sites for hydroxylation is 3. The van der Waals surface area contributed by atoms with Crippen LogP contribution in [0.5, 0.6) is 0 Å². The van der Waals surface area contributed by atoms with E-state index < -0.39 is 0 Å². The molecule has 0 atom stereocenters. The van der Waals surface area contributed by atoms with Gasteiger partial charge in [0.15, 0.2) is 12.1 Å². The molecule has 2 amide bonds. The van der Waals surface area contributed by atoms with Crippen molar-refractivity contribution in [1.29, 1.82) is 0 Å². The highest BCUT2D eigenvalue weighted by Crippen LogP contribution is 2.12. The first-order valence-corrected chi connectivity index (χ1v) is 8.44. The molecular formula is C17H23N5O3. The van der Waals surface area contributed by atoms with E-state index in [4.69, 9.17) is 4.42 Å². The van der Waals surface area contributed by atoms with Crippen LogP contribution >= 0.6 is 0 Å². The van der Waals surface area contributed by atoms with Crippen molar-refractivity contribution in [2.24, 2.45) is 0 Å². The van der Waals surface area contributed by atoms with Gasteiger partial charge in [-0.2, -0.15) is 5.10 Å². The second-order valence-electron chi connectivity index (χ2n) is 6.37. The second-order valence-corrected chi connectivity index (χ2v) is 6.37. The predicted molar refractivity (Wildman–Crippen MR) is 90.0 cm³/mol. The van der Waals surface area contributed by atoms with Crippen molar-refractivity contribution in [3.8, 4) is 0 Å². The summed E-state index contributed by atoms with van der Waals surface area (Å²) in [6.45, 7) is 8.06. The lowest BCUT2D eigenvalue weighted by molar-refractivity contribution is -0.131. The smallest absolute Gasteiger partial charge is 0.276 e. The van der Waals surface area contributed by atoms with Gasteiger partial charge in [-0.25, -0.2) is 4.98 Å². The Labute approximate surface area is 146 Å². The highest BCUT2D eigenvalue weighted by atomic mass is 16.3. The van der Waals surface area contributed by atoms with Gasteiger partial charge in [0.1, 0.15) is 12.3 Å². The van der Waals surface area contributed by atoms with Gasteiger partial charge in [0, 0.05) is 31.9 Å². The Hall–Kier alpha value is -2.64. The quantitative estimate of drug-likeness (QED) is 0.834. The highest BCUT2D eigenvalue weighted by molar-refractivity contribution is 5.93. The zero-order valence-corrected chi connectivity index (χ0v) is 14.9. The summed E-state index contributed by atoms with van der Waals surface area (Å²) in [7, 11) is 0. The molecule has 1 aliphatic rings. The van der Waals surface area contributed by atoms with Crippen molar-refractivity contribution in [3.05, 3.63) is 35.3 Å². The maximum absolute atomic E-state index is 12.6. The van der Waals surface area contributed by atoms with Crippen LogP contribution in [0.25, 0.3) is 0 Å². The molecule has 0 aliphatic carbocycles. The maximum atomic E-state index is 12.6. The summed E-state index contributed by atoms with van der Waals surface area (Å²) in [5, 5.41) is 4.34. The van der Waals surface area contributed by atoms with Gasteiger partial charge < -0.3 is 14.2 Å². The number of oxazole rings is 1. The van der Waals surface area contributed by atoms with Crippen LogP contribution in [-0.2, 0) is 11.3 Å². The molecule has 0 spiro atoms. The van der Waals surface area contributed by atoms with Crippen LogP contribution in [0.2, 0.25) is 0 Å². The third-order valence-electron chi connectivity index (χ3n) is 4.47. The van der Waals surface area contributed by atoms with E-state index in [-0.39, 0.29) is 18.4 Å². The molecule has 1 aliphatic heterocycles. The molecule has 25 heavy (non-hydrogen) atoms. The minimum atomic E-state index is -0.140. The normalized spacial score (nSPS) is 15.3. The number of hydrogen-bond acceptors (Lipinski definition) is 5. The molecule has 134 valence electrons. The molecule has 2 aromatic rings. The average Bonchev–Trinajstić information content (AvgIpc) is 3.02. The number of hydrogen-bond donors (Lipinski definition) is 0. The second kappa shape index (κ2) is 7.08. The van der Waals surface area contributed by atoms with E-state index in [0.717, 1.165) is 17.8 Å². The van der Waals surface area contributed by atoms with Gasteiger partial charge in [-0.05, 0) is 33.3 Å². The van der Waals surface area contributed by atoms with Gasteiger partial charge in [-0.1, -0.05) is 0 Å². The molecular weight excluding hydrogens is 322 g/mol. The molecule has 0 aromatic carbocycles. The third kappa shape index (κ3) is 3.72. The largest absolute Gasteiger partial charge is 0.448 e. The van der Waals surface area contributed by atoms with Crippen LogP contribution in [0.1, 0.15) is 34.1 Å². The van der Waals surface area contributed by atoms with Crippen molar-refractivity contribution in [2.45, 2.75) is 33.7 Å². The molecule has 1 fully saturated rings. The standard InChI is InChI=1S/C17H23N5O3/c1-12-9-13(2)22(19-12)10-15(23)20-5-4-6-21(8-7-20)17(24)16-14(3)25-11-18-16/h9,11H,4-8,10H2,1-3H3. The Bertz CT molecular complexity index is 779. The Morgan fingerprint density at radius 2 is 1.84 bits per heavy atom. The number of amides is 2. The van der Waals surface area contributed by atoms with Gasteiger partial charge in [-0.15, -0.1) is 0 Å². The van der Waals surface area contributed by atoms with Gasteiger partial charge >= 0.3 is 0 Å². The maximum Gasteiger partial charge on any atom is 0.276 e.